The Hall–Kier alpha value is -1.60. The molecule has 2 unspecified atom stereocenters. The molecule has 1 aromatic carbocycles. The highest BCUT2D eigenvalue weighted by molar-refractivity contribution is 7.91. The van der Waals surface area contributed by atoms with Crippen molar-refractivity contribution in [1.82, 2.24) is 0 Å². The number of ether oxygens (including phenoxy) is 2. The Morgan fingerprint density at radius 1 is 1.32 bits per heavy atom. The Kier molecular flexibility index (Phi) is 3.77. The number of benzene rings is 1. The zero-order chi connectivity index (χ0) is 14.0. The first-order valence-corrected chi connectivity index (χ1v) is 7.45. The van der Waals surface area contributed by atoms with Crippen LogP contribution in [0.3, 0.4) is 0 Å². The summed E-state index contributed by atoms with van der Waals surface area (Å²) in [6.07, 6.45) is -1.21. The van der Waals surface area contributed by atoms with E-state index in [2.05, 4.69) is 0 Å². The van der Waals surface area contributed by atoms with Crippen molar-refractivity contribution in [3.8, 4) is 11.5 Å². The Labute approximate surface area is 110 Å². The molecule has 1 aliphatic heterocycles. The summed E-state index contributed by atoms with van der Waals surface area (Å²) in [7, 11) is -1.85. The molecule has 1 aliphatic rings. The van der Waals surface area contributed by atoms with E-state index in [9.17, 15) is 18.3 Å². The van der Waals surface area contributed by atoms with E-state index in [1.165, 1.54) is 25.3 Å². The fraction of sp³-hybridized carbons (Fsp3) is 0.417. The summed E-state index contributed by atoms with van der Waals surface area (Å²) < 4.78 is 33.3. The number of carbonyl (C=O) groups is 1. The van der Waals surface area contributed by atoms with Gasteiger partial charge in [0.1, 0.15) is 18.5 Å². The largest absolute Gasteiger partial charge is 0.493 e. The van der Waals surface area contributed by atoms with Gasteiger partial charge in [-0.1, -0.05) is 0 Å². The predicted molar refractivity (Wildman–Crippen MR) is 67.5 cm³/mol. The van der Waals surface area contributed by atoms with E-state index in [1.807, 2.05) is 0 Å². The highest BCUT2D eigenvalue weighted by Crippen LogP contribution is 2.30. The molecule has 1 fully saturated rings. The van der Waals surface area contributed by atoms with Crippen molar-refractivity contribution in [3.05, 3.63) is 23.8 Å². The first kappa shape index (κ1) is 13.8. The smallest absolute Gasteiger partial charge is 0.161 e. The van der Waals surface area contributed by atoms with Gasteiger partial charge in [-0.3, -0.25) is 4.79 Å². The molecule has 1 heterocycles. The number of rotatable bonds is 4. The molecule has 0 bridgehead atoms. The summed E-state index contributed by atoms with van der Waals surface area (Å²) in [6.45, 7) is 0. The Balaban J connectivity index is 2.22. The van der Waals surface area contributed by atoms with Crippen molar-refractivity contribution in [1.29, 1.82) is 0 Å². The van der Waals surface area contributed by atoms with Crippen LogP contribution < -0.4 is 9.47 Å². The first-order valence-electron chi connectivity index (χ1n) is 5.63. The molecule has 0 amide bonds. The predicted octanol–water partition coefficient (Wildman–Crippen LogP) is 0.0444. The monoisotopic (exact) mass is 286 g/mol. The van der Waals surface area contributed by atoms with Crippen LogP contribution in [0.2, 0.25) is 0 Å². The second kappa shape index (κ2) is 5.18. The van der Waals surface area contributed by atoms with Gasteiger partial charge >= 0.3 is 0 Å². The van der Waals surface area contributed by atoms with Crippen LogP contribution in [0.15, 0.2) is 18.2 Å². The lowest BCUT2D eigenvalue weighted by molar-refractivity contribution is 0.0718. The lowest BCUT2D eigenvalue weighted by Gasteiger charge is -2.17. The van der Waals surface area contributed by atoms with Crippen molar-refractivity contribution in [2.24, 2.45) is 0 Å². The van der Waals surface area contributed by atoms with Crippen molar-refractivity contribution in [2.45, 2.75) is 12.2 Å². The molecule has 19 heavy (non-hydrogen) atoms. The van der Waals surface area contributed by atoms with Gasteiger partial charge in [0.15, 0.2) is 21.3 Å². The van der Waals surface area contributed by atoms with Gasteiger partial charge in [0.2, 0.25) is 0 Å². The van der Waals surface area contributed by atoms with Gasteiger partial charge in [-0.15, -0.1) is 0 Å². The van der Waals surface area contributed by atoms with Gasteiger partial charge in [-0.25, -0.2) is 8.42 Å². The molecule has 1 aromatic rings. The maximum absolute atomic E-state index is 11.4. The summed E-state index contributed by atoms with van der Waals surface area (Å²) in [5.74, 6) is 0.0921. The second-order valence-corrected chi connectivity index (χ2v) is 6.48. The summed E-state index contributed by atoms with van der Waals surface area (Å²) in [4.78, 5) is 10.7. The molecule has 2 atom stereocenters. The van der Waals surface area contributed by atoms with Crippen LogP contribution in [-0.2, 0) is 9.84 Å². The molecule has 0 aliphatic carbocycles. The molecular weight excluding hydrogens is 272 g/mol. The van der Waals surface area contributed by atoms with Crippen LogP contribution in [-0.4, -0.2) is 50.6 Å². The van der Waals surface area contributed by atoms with E-state index < -0.39 is 22.0 Å². The number of hydrogen-bond acceptors (Lipinski definition) is 6. The highest BCUT2D eigenvalue weighted by Gasteiger charge is 2.38. The molecule has 0 radical (unpaired) electrons. The third-order valence-electron chi connectivity index (χ3n) is 2.87. The van der Waals surface area contributed by atoms with Crippen molar-refractivity contribution < 1.29 is 27.8 Å². The van der Waals surface area contributed by atoms with Gasteiger partial charge in [0.25, 0.3) is 0 Å². The number of aliphatic hydroxyl groups is 1. The van der Waals surface area contributed by atoms with Gasteiger partial charge in [-0.2, -0.15) is 0 Å². The van der Waals surface area contributed by atoms with E-state index >= 15 is 0 Å². The quantitative estimate of drug-likeness (QED) is 0.786. The van der Waals surface area contributed by atoms with Crippen LogP contribution in [0.1, 0.15) is 10.4 Å². The maximum Gasteiger partial charge on any atom is 0.161 e. The normalized spacial score (nSPS) is 24.9. The van der Waals surface area contributed by atoms with Crippen molar-refractivity contribution in [3.63, 3.8) is 0 Å². The summed E-state index contributed by atoms with van der Waals surface area (Å²) in [5, 5.41) is 9.65. The van der Waals surface area contributed by atoms with Crippen LogP contribution >= 0.6 is 0 Å². The third-order valence-corrected chi connectivity index (χ3v) is 4.56. The van der Waals surface area contributed by atoms with E-state index in [-0.39, 0.29) is 11.5 Å². The minimum Gasteiger partial charge on any atom is -0.493 e. The van der Waals surface area contributed by atoms with Gasteiger partial charge in [0, 0.05) is 5.56 Å². The number of sulfone groups is 1. The van der Waals surface area contributed by atoms with Crippen LogP contribution in [0.4, 0.5) is 0 Å². The number of aliphatic hydroxyl groups excluding tert-OH is 1. The summed E-state index contributed by atoms with van der Waals surface area (Å²) in [6, 6.07) is 4.53. The zero-order valence-electron chi connectivity index (χ0n) is 10.3. The molecule has 0 saturated carbocycles. The Bertz CT molecular complexity index is 580. The van der Waals surface area contributed by atoms with Crippen LogP contribution in [0.5, 0.6) is 11.5 Å². The average Bonchev–Trinajstić information content (AvgIpc) is 2.62. The van der Waals surface area contributed by atoms with Crippen LogP contribution in [0, 0.1) is 0 Å². The molecule has 104 valence electrons. The second-order valence-electron chi connectivity index (χ2n) is 4.33. The molecule has 0 aromatic heterocycles. The number of aldehydes is 1. The average molecular weight is 286 g/mol. The highest BCUT2D eigenvalue weighted by atomic mass is 32.2. The lowest BCUT2D eigenvalue weighted by Crippen LogP contribution is -2.29. The Morgan fingerprint density at radius 2 is 2.05 bits per heavy atom. The Morgan fingerprint density at radius 3 is 2.58 bits per heavy atom. The zero-order valence-corrected chi connectivity index (χ0v) is 11.1. The standard InChI is InChI=1S/C12H14O6S/c1-17-11-4-8(5-13)2-3-10(11)18-12-7-19(15,16)6-9(12)14/h2-5,9,12,14H,6-7H2,1H3. The molecule has 0 spiro atoms. The SMILES string of the molecule is COc1cc(C=O)ccc1OC1CS(=O)(=O)CC1O. The van der Waals surface area contributed by atoms with E-state index in [4.69, 9.17) is 9.47 Å². The topological polar surface area (TPSA) is 89.9 Å². The van der Waals surface area contributed by atoms with E-state index in [0.717, 1.165) is 0 Å². The van der Waals surface area contributed by atoms with Crippen molar-refractivity contribution in [2.75, 3.05) is 18.6 Å². The van der Waals surface area contributed by atoms with Gasteiger partial charge < -0.3 is 14.6 Å². The van der Waals surface area contributed by atoms with E-state index in [0.29, 0.717) is 23.3 Å². The molecule has 1 N–H and O–H groups in total. The fourth-order valence-corrected chi connectivity index (χ4v) is 3.59. The minimum atomic E-state index is -3.27. The van der Waals surface area contributed by atoms with E-state index in [1.54, 1.807) is 0 Å². The van der Waals surface area contributed by atoms with Crippen molar-refractivity contribution >= 4 is 16.1 Å². The number of carbonyl (C=O) groups excluding carboxylic acids is 1. The third kappa shape index (κ3) is 3.05. The first-order chi connectivity index (χ1) is 8.95. The summed E-state index contributed by atoms with van der Waals surface area (Å²) in [5.41, 5.74) is 0.420. The summed E-state index contributed by atoms with van der Waals surface area (Å²) >= 11 is 0. The lowest BCUT2D eigenvalue weighted by atomic mass is 10.2. The minimum absolute atomic E-state index is 0.229. The van der Waals surface area contributed by atoms with Crippen LogP contribution in [0.25, 0.3) is 0 Å². The molecule has 1 saturated heterocycles. The number of hydrogen-bond donors (Lipinski definition) is 1. The molecule has 7 heteroatoms. The van der Waals surface area contributed by atoms with Gasteiger partial charge in [-0.05, 0) is 18.2 Å². The fourth-order valence-electron chi connectivity index (χ4n) is 1.93. The molecular formula is C12H14O6S. The number of methoxy groups -OCH3 is 1. The molecule has 2 rings (SSSR count). The maximum atomic E-state index is 11.4. The van der Waals surface area contributed by atoms with Gasteiger partial charge in [0.05, 0.1) is 18.6 Å². The molecule has 6 nitrogen and oxygen atoms in total.